The van der Waals surface area contributed by atoms with Gasteiger partial charge in [0, 0.05) is 34.5 Å². The highest BCUT2D eigenvalue weighted by atomic mass is 35.5. The number of nitrogen functional groups attached to an aromatic ring is 1. The molecule has 21 heavy (non-hydrogen) atoms. The standard InChI is InChI=1S/C17H12ClNO2/c1-2-3-4-10-7-14-13(9-15(10)18)12-6-5-11(19)8-16(12)21-17(14)20/h5-9H,2,19H2,1H3. The maximum atomic E-state index is 12.1. The Morgan fingerprint density at radius 1 is 1.19 bits per heavy atom. The molecule has 0 aliphatic carbocycles. The summed E-state index contributed by atoms with van der Waals surface area (Å²) in [5.41, 5.74) is 6.93. The molecule has 0 amide bonds. The third kappa shape index (κ3) is 2.35. The van der Waals surface area contributed by atoms with Crippen molar-refractivity contribution in [2.24, 2.45) is 0 Å². The maximum Gasteiger partial charge on any atom is 0.344 e. The van der Waals surface area contributed by atoms with Crippen LogP contribution in [0.5, 0.6) is 0 Å². The molecule has 0 bridgehead atoms. The number of halogens is 1. The molecule has 2 aromatic carbocycles. The van der Waals surface area contributed by atoms with Gasteiger partial charge in [0.1, 0.15) is 5.58 Å². The Morgan fingerprint density at radius 2 is 2.00 bits per heavy atom. The molecule has 2 N–H and O–H groups in total. The Labute approximate surface area is 126 Å². The second-order valence-electron chi connectivity index (χ2n) is 4.68. The normalized spacial score (nSPS) is 10.6. The highest BCUT2D eigenvalue weighted by Gasteiger charge is 2.10. The molecule has 1 heterocycles. The molecule has 0 saturated carbocycles. The molecule has 3 nitrogen and oxygen atoms in total. The number of anilines is 1. The van der Waals surface area contributed by atoms with E-state index in [1.165, 1.54) is 0 Å². The zero-order chi connectivity index (χ0) is 15.0. The predicted octanol–water partition coefficient (Wildman–Crippen LogP) is 3.94. The lowest BCUT2D eigenvalue weighted by molar-refractivity contribution is 0.570. The van der Waals surface area contributed by atoms with Crippen LogP contribution in [0.4, 0.5) is 5.69 Å². The summed E-state index contributed by atoms with van der Waals surface area (Å²) in [7, 11) is 0. The topological polar surface area (TPSA) is 56.2 Å². The first-order valence-corrected chi connectivity index (χ1v) is 6.92. The van der Waals surface area contributed by atoms with Gasteiger partial charge in [-0.1, -0.05) is 30.4 Å². The van der Waals surface area contributed by atoms with Crippen LogP contribution in [0.15, 0.2) is 39.5 Å². The summed E-state index contributed by atoms with van der Waals surface area (Å²) in [6, 6.07) is 8.66. The summed E-state index contributed by atoms with van der Waals surface area (Å²) in [6.45, 7) is 1.95. The second-order valence-corrected chi connectivity index (χ2v) is 5.09. The van der Waals surface area contributed by atoms with E-state index in [1.54, 1.807) is 24.3 Å². The second kappa shape index (κ2) is 5.16. The third-order valence-corrected chi connectivity index (χ3v) is 3.54. The molecule has 0 atom stereocenters. The zero-order valence-corrected chi connectivity index (χ0v) is 12.1. The summed E-state index contributed by atoms with van der Waals surface area (Å²) >= 11 is 6.26. The first-order chi connectivity index (χ1) is 10.1. The van der Waals surface area contributed by atoms with Gasteiger partial charge in [0.25, 0.3) is 0 Å². The summed E-state index contributed by atoms with van der Waals surface area (Å²) in [5, 5.41) is 2.54. The van der Waals surface area contributed by atoms with Crippen molar-refractivity contribution in [1.29, 1.82) is 0 Å². The molecular formula is C17H12ClNO2. The Hall–Kier alpha value is -2.44. The smallest absolute Gasteiger partial charge is 0.344 e. The molecule has 3 rings (SSSR count). The minimum atomic E-state index is -0.417. The van der Waals surface area contributed by atoms with Gasteiger partial charge < -0.3 is 10.2 Å². The molecule has 0 aliphatic rings. The summed E-state index contributed by atoms with van der Waals surface area (Å²) in [4.78, 5) is 12.1. The first-order valence-electron chi connectivity index (χ1n) is 6.54. The number of hydrogen-bond acceptors (Lipinski definition) is 3. The molecule has 0 unspecified atom stereocenters. The van der Waals surface area contributed by atoms with Gasteiger partial charge in [0.15, 0.2) is 0 Å². The van der Waals surface area contributed by atoms with Crippen molar-refractivity contribution in [1.82, 2.24) is 0 Å². The number of nitrogens with two attached hydrogens (primary N) is 1. The van der Waals surface area contributed by atoms with Crippen LogP contribution < -0.4 is 11.4 Å². The Morgan fingerprint density at radius 3 is 2.76 bits per heavy atom. The van der Waals surface area contributed by atoms with Gasteiger partial charge in [-0.05, 0) is 24.3 Å². The van der Waals surface area contributed by atoms with Gasteiger partial charge in [-0.3, -0.25) is 0 Å². The van der Waals surface area contributed by atoms with E-state index >= 15 is 0 Å². The van der Waals surface area contributed by atoms with Crippen LogP contribution in [0, 0.1) is 11.8 Å². The van der Waals surface area contributed by atoms with E-state index in [0.29, 0.717) is 27.2 Å². The Balaban J connectivity index is 2.43. The molecule has 0 aliphatic heterocycles. The summed E-state index contributed by atoms with van der Waals surface area (Å²) in [5.74, 6) is 5.91. The third-order valence-electron chi connectivity index (χ3n) is 3.23. The van der Waals surface area contributed by atoms with Crippen molar-refractivity contribution in [2.75, 3.05) is 5.73 Å². The van der Waals surface area contributed by atoms with Crippen LogP contribution in [0.1, 0.15) is 18.9 Å². The van der Waals surface area contributed by atoms with Crippen molar-refractivity contribution in [3.8, 4) is 11.8 Å². The number of hydrogen-bond donors (Lipinski definition) is 1. The highest BCUT2D eigenvalue weighted by molar-refractivity contribution is 6.33. The quantitative estimate of drug-likeness (QED) is 0.296. The van der Waals surface area contributed by atoms with Gasteiger partial charge in [-0.25, -0.2) is 4.79 Å². The minimum absolute atomic E-state index is 0.417. The Kier molecular flexibility index (Phi) is 3.32. The lowest BCUT2D eigenvalue weighted by atomic mass is 10.0. The van der Waals surface area contributed by atoms with Crippen LogP contribution in [-0.4, -0.2) is 0 Å². The molecule has 3 aromatic rings. The largest absolute Gasteiger partial charge is 0.422 e. The van der Waals surface area contributed by atoms with E-state index in [9.17, 15) is 4.79 Å². The zero-order valence-electron chi connectivity index (χ0n) is 11.4. The van der Waals surface area contributed by atoms with E-state index in [2.05, 4.69) is 11.8 Å². The average molecular weight is 298 g/mol. The molecule has 1 aromatic heterocycles. The number of fused-ring (bicyclic) bond motifs is 3. The van der Waals surface area contributed by atoms with Gasteiger partial charge >= 0.3 is 5.63 Å². The van der Waals surface area contributed by atoms with Gasteiger partial charge in [0.05, 0.1) is 10.4 Å². The van der Waals surface area contributed by atoms with Gasteiger partial charge in [0.2, 0.25) is 0 Å². The molecular weight excluding hydrogens is 286 g/mol. The van der Waals surface area contributed by atoms with Crippen molar-refractivity contribution < 1.29 is 4.42 Å². The van der Waals surface area contributed by atoms with E-state index < -0.39 is 5.63 Å². The van der Waals surface area contributed by atoms with Crippen LogP contribution in [0.25, 0.3) is 21.7 Å². The predicted molar refractivity (Wildman–Crippen MR) is 86.6 cm³/mol. The molecule has 0 fully saturated rings. The number of rotatable bonds is 0. The van der Waals surface area contributed by atoms with E-state index in [-0.39, 0.29) is 0 Å². The lowest BCUT2D eigenvalue weighted by Crippen LogP contribution is -2.01. The molecule has 104 valence electrons. The van der Waals surface area contributed by atoms with Crippen LogP contribution in [0.2, 0.25) is 5.02 Å². The maximum absolute atomic E-state index is 12.1. The number of benzene rings is 2. The van der Waals surface area contributed by atoms with E-state index in [0.717, 1.165) is 17.2 Å². The first kappa shape index (κ1) is 13.5. The SMILES string of the molecule is CCC#Cc1cc2c(=O)oc3cc(N)ccc3c2cc1Cl. The van der Waals surface area contributed by atoms with Crippen molar-refractivity contribution in [3.05, 3.63) is 51.3 Å². The molecule has 0 saturated heterocycles. The van der Waals surface area contributed by atoms with E-state index in [4.69, 9.17) is 21.8 Å². The van der Waals surface area contributed by atoms with Crippen molar-refractivity contribution >= 4 is 39.0 Å². The monoisotopic (exact) mass is 297 g/mol. The fourth-order valence-corrected chi connectivity index (χ4v) is 2.46. The molecule has 4 heteroatoms. The summed E-state index contributed by atoms with van der Waals surface area (Å²) in [6.07, 6.45) is 0.722. The fraction of sp³-hybridized carbons (Fsp3) is 0.118. The van der Waals surface area contributed by atoms with Gasteiger partial charge in [-0.2, -0.15) is 0 Å². The molecule has 0 radical (unpaired) electrons. The summed E-state index contributed by atoms with van der Waals surface area (Å²) < 4.78 is 5.33. The minimum Gasteiger partial charge on any atom is -0.422 e. The van der Waals surface area contributed by atoms with Gasteiger partial charge in [-0.15, -0.1) is 0 Å². The Bertz CT molecular complexity index is 977. The lowest BCUT2D eigenvalue weighted by Gasteiger charge is -2.05. The van der Waals surface area contributed by atoms with Crippen LogP contribution in [0.3, 0.4) is 0 Å². The van der Waals surface area contributed by atoms with Crippen molar-refractivity contribution in [2.45, 2.75) is 13.3 Å². The van der Waals surface area contributed by atoms with Crippen molar-refractivity contribution in [3.63, 3.8) is 0 Å². The highest BCUT2D eigenvalue weighted by Crippen LogP contribution is 2.28. The molecule has 0 spiro atoms. The van der Waals surface area contributed by atoms with Crippen LogP contribution in [-0.2, 0) is 0 Å². The van der Waals surface area contributed by atoms with Crippen LogP contribution >= 0.6 is 11.6 Å². The van der Waals surface area contributed by atoms with E-state index in [1.807, 2.05) is 13.0 Å². The fourth-order valence-electron chi connectivity index (χ4n) is 2.25. The average Bonchev–Trinajstić information content (AvgIpc) is 2.45.